The average molecular weight is 262 g/mol. The summed E-state index contributed by atoms with van der Waals surface area (Å²) in [6.07, 6.45) is 0. The number of benzene rings is 1. The fourth-order valence-corrected chi connectivity index (χ4v) is 2.65. The molecule has 0 unspecified atom stereocenters. The van der Waals surface area contributed by atoms with Crippen molar-refractivity contribution in [1.29, 1.82) is 0 Å². The van der Waals surface area contributed by atoms with Crippen LogP contribution in [-0.4, -0.2) is 31.2 Å². The Morgan fingerprint density at radius 1 is 1.22 bits per heavy atom. The second-order valence-electron chi connectivity index (χ2n) is 4.73. The fourth-order valence-electron chi connectivity index (χ4n) is 2.39. The molecule has 1 saturated heterocycles. The Kier molecular flexibility index (Phi) is 3.10. The van der Waals surface area contributed by atoms with Crippen LogP contribution in [0.2, 0.25) is 5.15 Å². The predicted octanol–water partition coefficient (Wildman–Crippen LogP) is 2.61. The number of piperazine rings is 1. The first-order valence-electron chi connectivity index (χ1n) is 6.26. The molecule has 1 N–H and O–H groups in total. The van der Waals surface area contributed by atoms with Gasteiger partial charge in [0.2, 0.25) is 0 Å². The molecule has 2 aromatic rings. The van der Waals surface area contributed by atoms with Crippen LogP contribution in [0, 0.1) is 6.92 Å². The van der Waals surface area contributed by atoms with E-state index in [1.165, 1.54) is 5.56 Å². The summed E-state index contributed by atoms with van der Waals surface area (Å²) in [5, 5.41) is 5.11. The Morgan fingerprint density at radius 3 is 2.78 bits per heavy atom. The Balaban J connectivity index is 2.07. The number of hydrogen-bond acceptors (Lipinski definition) is 3. The van der Waals surface area contributed by atoms with Crippen molar-refractivity contribution in [2.24, 2.45) is 0 Å². The Bertz CT molecular complexity index is 577. The minimum Gasteiger partial charge on any atom is -0.366 e. The Morgan fingerprint density at radius 2 is 2.00 bits per heavy atom. The van der Waals surface area contributed by atoms with E-state index in [9.17, 15) is 0 Å². The molecule has 2 heterocycles. The van der Waals surface area contributed by atoms with Gasteiger partial charge < -0.3 is 10.2 Å². The van der Waals surface area contributed by atoms with Gasteiger partial charge in [0.25, 0.3) is 0 Å². The van der Waals surface area contributed by atoms with Gasteiger partial charge in [0.1, 0.15) is 0 Å². The van der Waals surface area contributed by atoms with E-state index in [-0.39, 0.29) is 0 Å². The SMILES string of the molecule is Cc1ccc2nc(Cl)c(N3CCNCC3)cc2c1. The summed E-state index contributed by atoms with van der Waals surface area (Å²) in [6, 6.07) is 8.40. The molecule has 0 atom stereocenters. The van der Waals surface area contributed by atoms with Crippen LogP contribution in [-0.2, 0) is 0 Å². The zero-order valence-corrected chi connectivity index (χ0v) is 11.2. The van der Waals surface area contributed by atoms with Gasteiger partial charge in [-0.2, -0.15) is 0 Å². The second kappa shape index (κ2) is 4.75. The van der Waals surface area contributed by atoms with E-state index in [4.69, 9.17) is 11.6 Å². The lowest BCUT2D eigenvalue weighted by molar-refractivity contribution is 0.589. The van der Waals surface area contributed by atoms with E-state index in [1.807, 2.05) is 6.07 Å². The summed E-state index contributed by atoms with van der Waals surface area (Å²) in [6.45, 7) is 6.07. The van der Waals surface area contributed by atoms with Crippen LogP contribution < -0.4 is 10.2 Å². The molecule has 1 fully saturated rings. The van der Waals surface area contributed by atoms with E-state index in [2.05, 4.69) is 40.3 Å². The van der Waals surface area contributed by atoms with E-state index >= 15 is 0 Å². The maximum atomic E-state index is 6.30. The molecule has 0 aliphatic carbocycles. The molecule has 0 bridgehead atoms. The number of rotatable bonds is 1. The van der Waals surface area contributed by atoms with Gasteiger partial charge in [0.15, 0.2) is 5.15 Å². The van der Waals surface area contributed by atoms with Gasteiger partial charge in [0, 0.05) is 31.6 Å². The van der Waals surface area contributed by atoms with Crippen LogP contribution in [0.25, 0.3) is 10.9 Å². The number of nitrogens with zero attached hydrogens (tertiary/aromatic N) is 2. The zero-order valence-electron chi connectivity index (χ0n) is 10.4. The van der Waals surface area contributed by atoms with Crippen molar-refractivity contribution < 1.29 is 0 Å². The Labute approximate surface area is 112 Å². The summed E-state index contributed by atoms with van der Waals surface area (Å²) in [4.78, 5) is 6.79. The van der Waals surface area contributed by atoms with E-state index in [1.54, 1.807) is 0 Å². The predicted molar refractivity (Wildman–Crippen MR) is 76.6 cm³/mol. The largest absolute Gasteiger partial charge is 0.366 e. The molecule has 18 heavy (non-hydrogen) atoms. The van der Waals surface area contributed by atoms with Crippen molar-refractivity contribution in [2.45, 2.75) is 6.92 Å². The van der Waals surface area contributed by atoms with Gasteiger partial charge in [-0.3, -0.25) is 0 Å². The molecule has 0 amide bonds. The quantitative estimate of drug-likeness (QED) is 0.800. The molecule has 3 rings (SSSR count). The number of aryl methyl sites for hydroxylation is 1. The number of fused-ring (bicyclic) bond motifs is 1. The highest BCUT2D eigenvalue weighted by molar-refractivity contribution is 6.32. The van der Waals surface area contributed by atoms with Crippen molar-refractivity contribution in [1.82, 2.24) is 10.3 Å². The van der Waals surface area contributed by atoms with Crippen LogP contribution in [0.5, 0.6) is 0 Å². The van der Waals surface area contributed by atoms with Crippen LogP contribution in [0.4, 0.5) is 5.69 Å². The lowest BCUT2D eigenvalue weighted by atomic mass is 10.1. The monoisotopic (exact) mass is 261 g/mol. The van der Waals surface area contributed by atoms with Gasteiger partial charge in [-0.25, -0.2) is 4.98 Å². The molecule has 0 spiro atoms. The summed E-state index contributed by atoms with van der Waals surface area (Å²) in [7, 11) is 0. The summed E-state index contributed by atoms with van der Waals surface area (Å²) < 4.78 is 0. The molecule has 3 nitrogen and oxygen atoms in total. The molecule has 1 aromatic carbocycles. The van der Waals surface area contributed by atoms with Crippen LogP contribution in [0.1, 0.15) is 5.56 Å². The van der Waals surface area contributed by atoms with Gasteiger partial charge in [-0.05, 0) is 25.1 Å². The van der Waals surface area contributed by atoms with Crippen LogP contribution in [0.15, 0.2) is 24.3 Å². The highest BCUT2D eigenvalue weighted by atomic mass is 35.5. The van der Waals surface area contributed by atoms with Crippen molar-refractivity contribution in [3.05, 3.63) is 35.0 Å². The molecule has 4 heteroatoms. The third kappa shape index (κ3) is 2.16. The maximum absolute atomic E-state index is 6.30. The van der Waals surface area contributed by atoms with E-state index < -0.39 is 0 Å². The lowest BCUT2D eigenvalue weighted by Crippen LogP contribution is -2.43. The first kappa shape index (κ1) is 11.8. The number of anilines is 1. The van der Waals surface area contributed by atoms with Gasteiger partial charge >= 0.3 is 0 Å². The number of nitrogens with one attached hydrogen (secondary N) is 1. The topological polar surface area (TPSA) is 28.2 Å². The van der Waals surface area contributed by atoms with Crippen LogP contribution >= 0.6 is 11.6 Å². The number of aromatic nitrogens is 1. The molecule has 1 aliphatic rings. The minimum atomic E-state index is 0.605. The number of halogens is 1. The molecule has 0 radical (unpaired) electrons. The van der Waals surface area contributed by atoms with Gasteiger partial charge in [-0.15, -0.1) is 0 Å². The molecular formula is C14H16ClN3. The highest BCUT2D eigenvalue weighted by Crippen LogP contribution is 2.28. The second-order valence-corrected chi connectivity index (χ2v) is 5.09. The van der Waals surface area contributed by atoms with Crippen molar-refractivity contribution in [2.75, 3.05) is 31.1 Å². The molecule has 1 aromatic heterocycles. The lowest BCUT2D eigenvalue weighted by Gasteiger charge is -2.30. The first-order chi connectivity index (χ1) is 8.74. The van der Waals surface area contributed by atoms with Crippen molar-refractivity contribution in [3.63, 3.8) is 0 Å². The molecule has 94 valence electrons. The van der Waals surface area contributed by atoms with E-state index in [0.717, 1.165) is 42.8 Å². The average Bonchev–Trinajstić information content (AvgIpc) is 2.39. The standard InChI is InChI=1S/C14H16ClN3/c1-10-2-3-12-11(8-10)9-13(14(15)17-12)18-6-4-16-5-7-18/h2-3,8-9,16H,4-7H2,1H3. The maximum Gasteiger partial charge on any atom is 0.153 e. The minimum absolute atomic E-state index is 0.605. The molecule has 1 aliphatic heterocycles. The highest BCUT2D eigenvalue weighted by Gasteiger charge is 2.15. The van der Waals surface area contributed by atoms with Gasteiger partial charge in [-0.1, -0.05) is 23.2 Å². The van der Waals surface area contributed by atoms with E-state index in [0.29, 0.717) is 5.15 Å². The Hall–Kier alpha value is -1.32. The molecular weight excluding hydrogens is 246 g/mol. The number of pyridine rings is 1. The van der Waals surface area contributed by atoms with Gasteiger partial charge in [0.05, 0.1) is 11.2 Å². The number of hydrogen-bond donors (Lipinski definition) is 1. The summed E-state index contributed by atoms with van der Waals surface area (Å²) in [5.74, 6) is 0. The van der Waals surface area contributed by atoms with Crippen molar-refractivity contribution in [3.8, 4) is 0 Å². The normalized spacial score (nSPS) is 16.2. The summed E-state index contributed by atoms with van der Waals surface area (Å²) in [5.41, 5.74) is 3.26. The van der Waals surface area contributed by atoms with Crippen LogP contribution in [0.3, 0.4) is 0 Å². The smallest absolute Gasteiger partial charge is 0.153 e. The van der Waals surface area contributed by atoms with Crippen molar-refractivity contribution >= 4 is 28.2 Å². The summed E-state index contributed by atoms with van der Waals surface area (Å²) >= 11 is 6.30. The third-order valence-corrected chi connectivity index (χ3v) is 3.64. The zero-order chi connectivity index (χ0) is 12.5. The molecule has 0 saturated carbocycles. The first-order valence-corrected chi connectivity index (χ1v) is 6.64. The fraction of sp³-hybridized carbons (Fsp3) is 0.357. The third-order valence-electron chi connectivity index (χ3n) is 3.36.